The summed E-state index contributed by atoms with van der Waals surface area (Å²) in [6, 6.07) is 6.52. The summed E-state index contributed by atoms with van der Waals surface area (Å²) >= 11 is 1.12. The summed E-state index contributed by atoms with van der Waals surface area (Å²) in [6.07, 6.45) is -0.972. The Kier molecular flexibility index (Phi) is 6.05. The molecule has 2 heterocycles. The summed E-state index contributed by atoms with van der Waals surface area (Å²) < 4.78 is 29.6. The van der Waals surface area contributed by atoms with Crippen molar-refractivity contribution in [3.63, 3.8) is 0 Å². The normalized spacial score (nSPS) is 21.3. The van der Waals surface area contributed by atoms with Gasteiger partial charge in [-0.15, -0.1) is 11.8 Å². The van der Waals surface area contributed by atoms with Gasteiger partial charge < -0.3 is 19.3 Å². The third-order valence-corrected chi connectivity index (χ3v) is 5.60. The summed E-state index contributed by atoms with van der Waals surface area (Å²) in [4.78, 5) is 36.7. The van der Waals surface area contributed by atoms with Gasteiger partial charge in [-0.3, -0.25) is 14.3 Å². The van der Waals surface area contributed by atoms with Gasteiger partial charge in [0.1, 0.15) is 6.61 Å². The molecule has 1 aromatic carbocycles. The van der Waals surface area contributed by atoms with Crippen LogP contribution in [0.4, 0.5) is 9.18 Å². The van der Waals surface area contributed by atoms with Crippen LogP contribution in [-0.2, 0) is 4.74 Å². The van der Waals surface area contributed by atoms with E-state index in [1.807, 2.05) is 4.98 Å². The van der Waals surface area contributed by atoms with Crippen molar-refractivity contribution in [1.82, 2.24) is 9.55 Å². The first kappa shape index (κ1) is 20.0. The van der Waals surface area contributed by atoms with Gasteiger partial charge in [0.05, 0.1) is 30.0 Å². The second kappa shape index (κ2) is 8.48. The summed E-state index contributed by atoms with van der Waals surface area (Å²) in [5.41, 5.74) is -1.89. The number of ether oxygens (including phenoxy) is 3. The number of carbonyl (C=O) groups is 1. The summed E-state index contributed by atoms with van der Waals surface area (Å²) in [7, 11) is 1.43. The molecule has 1 aliphatic rings. The van der Waals surface area contributed by atoms with E-state index < -0.39 is 39.9 Å². The predicted molar refractivity (Wildman–Crippen MR) is 97.3 cm³/mol. The maximum Gasteiger partial charge on any atom is 0.514 e. The molecular formula is C17H17FN2O7S. The fourth-order valence-corrected chi connectivity index (χ4v) is 4.12. The van der Waals surface area contributed by atoms with Crippen molar-refractivity contribution >= 4 is 17.9 Å². The van der Waals surface area contributed by atoms with E-state index in [2.05, 4.69) is 0 Å². The fraction of sp³-hybridized carbons (Fsp3) is 0.353. The third-order valence-electron chi connectivity index (χ3n) is 4.07. The van der Waals surface area contributed by atoms with Gasteiger partial charge in [0.2, 0.25) is 5.82 Å². The van der Waals surface area contributed by atoms with E-state index in [4.69, 9.17) is 14.2 Å². The summed E-state index contributed by atoms with van der Waals surface area (Å²) in [5.74, 6) is -0.563. The zero-order valence-electron chi connectivity index (χ0n) is 14.7. The largest absolute Gasteiger partial charge is 0.514 e. The number of nitrogens with zero attached hydrogens (tertiary/aromatic N) is 1. The Morgan fingerprint density at radius 1 is 1.36 bits per heavy atom. The lowest BCUT2D eigenvalue weighted by Gasteiger charge is -2.15. The van der Waals surface area contributed by atoms with Gasteiger partial charge in [-0.05, 0) is 12.1 Å². The lowest BCUT2D eigenvalue weighted by atomic mass is 10.2. The molecule has 1 aliphatic heterocycles. The minimum atomic E-state index is -1.11. The number of thioether (sulfide) groups is 1. The second-order valence-corrected chi connectivity index (χ2v) is 7.31. The smallest absolute Gasteiger partial charge is 0.493 e. The van der Waals surface area contributed by atoms with E-state index in [1.54, 1.807) is 18.2 Å². The first-order chi connectivity index (χ1) is 13.4. The van der Waals surface area contributed by atoms with Gasteiger partial charge in [-0.1, -0.05) is 12.1 Å². The minimum Gasteiger partial charge on any atom is -0.493 e. The highest BCUT2D eigenvalue weighted by Crippen LogP contribution is 2.41. The van der Waals surface area contributed by atoms with Crippen LogP contribution in [0.3, 0.4) is 0 Å². The molecule has 0 amide bonds. The van der Waals surface area contributed by atoms with Gasteiger partial charge in [0.15, 0.2) is 11.5 Å². The molecule has 9 nitrogen and oxygen atoms in total. The number of para-hydroxylation sites is 2. The highest BCUT2D eigenvalue weighted by molar-refractivity contribution is 8.00. The van der Waals surface area contributed by atoms with Crippen molar-refractivity contribution in [3.8, 4) is 11.5 Å². The van der Waals surface area contributed by atoms with Gasteiger partial charge in [-0.25, -0.2) is 9.59 Å². The Bertz CT molecular complexity index is 976. The summed E-state index contributed by atoms with van der Waals surface area (Å²) in [5, 5.41) is 8.99. The molecule has 0 spiro atoms. The number of hydrogen-bond donors (Lipinski definition) is 2. The van der Waals surface area contributed by atoms with Crippen LogP contribution < -0.4 is 20.7 Å². The quantitative estimate of drug-likeness (QED) is 0.557. The monoisotopic (exact) mass is 412 g/mol. The Balaban J connectivity index is 1.60. The van der Waals surface area contributed by atoms with Crippen LogP contribution in [0.1, 0.15) is 11.8 Å². The molecule has 0 aliphatic carbocycles. The first-order valence-corrected chi connectivity index (χ1v) is 9.15. The Morgan fingerprint density at radius 3 is 2.79 bits per heavy atom. The number of rotatable bonds is 5. The number of hydrogen-bond acceptors (Lipinski definition) is 8. The third kappa shape index (κ3) is 4.37. The molecule has 1 saturated heterocycles. The van der Waals surface area contributed by atoms with Crippen LogP contribution in [0, 0.1) is 5.82 Å². The zero-order chi connectivity index (χ0) is 20.3. The first-order valence-electron chi connectivity index (χ1n) is 8.21. The number of H-pyrrole nitrogens is 1. The standard InChI is InChI=1S/C17H17FN2O7S/c1-25-11-4-2-3-5-12(11)27-17(24)26-8-13-10(21)6-14(28-13)20-7-9(18)15(22)19-16(20)23/h2-5,7,10,13-14,21H,6,8H2,1H3,(H,19,22,23)/t10-,13+,14+/m0/s1. The molecule has 0 bridgehead atoms. The Hall–Kier alpha value is -2.79. The Morgan fingerprint density at radius 2 is 2.07 bits per heavy atom. The maximum atomic E-state index is 13.5. The molecular weight excluding hydrogens is 395 g/mol. The molecule has 0 saturated carbocycles. The number of nitrogens with one attached hydrogen (secondary N) is 1. The van der Waals surface area contributed by atoms with Crippen LogP contribution in [0.15, 0.2) is 40.1 Å². The number of aromatic nitrogens is 2. The number of methoxy groups -OCH3 is 1. The lowest BCUT2D eigenvalue weighted by molar-refractivity contribution is 0.0799. The molecule has 1 aromatic heterocycles. The molecule has 2 aromatic rings. The average Bonchev–Trinajstić information content (AvgIpc) is 3.04. The van der Waals surface area contributed by atoms with E-state index in [9.17, 15) is 23.9 Å². The number of carbonyl (C=O) groups excluding carboxylic acids is 1. The zero-order valence-corrected chi connectivity index (χ0v) is 15.5. The van der Waals surface area contributed by atoms with Crippen molar-refractivity contribution in [2.75, 3.05) is 13.7 Å². The molecule has 3 atom stereocenters. The maximum absolute atomic E-state index is 13.5. The highest BCUT2D eigenvalue weighted by Gasteiger charge is 2.36. The minimum absolute atomic E-state index is 0.117. The van der Waals surface area contributed by atoms with E-state index in [1.165, 1.54) is 13.2 Å². The number of halogens is 1. The van der Waals surface area contributed by atoms with Crippen molar-refractivity contribution < 1.29 is 28.5 Å². The van der Waals surface area contributed by atoms with Gasteiger partial charge in [0, 0.05) is 6.42 Å². The second-order valence-electron chi connectivity index (χ2n) is 5.89. The number of aliphatic hydroxyl groups is 1. The van der Waals surface area contributed by atoms with Crippen LogP contribution in [-0.4, -0.2) is 45.9 Å². The number of aromatic amines is 1. The van der Waals surface area contributed by atoms with Crippen LogP contribution in [0.2, 0.25) is 0 Å². The van der Waals surface area contributed by atoms with E-state index >= 15 is 0 Å². The van der Waals surface area contributed by atoms with Crippen molar-refractivity contribution in [3.05, 3.63) is 57.1 Å². The molecule has 2 N–H and O–H groups in total. The molecule has 150 valence electrons. The summed E-state index contributed by atoms with van der Waals surface area (Å²) in [6.45, 7) is -0.184. The number of benzene rings is 1. The molecule has 0 radical (unpaired) electrons. The van der Waals surface area contributed by atoms with E-state index in [-0.39, 0.29) is 18.8 Å². The van der Waals surface area contributed by atoms with Crippen LogP contribution in [0.5, 0.6) is 11.5 Å². The Labute approximate surface area is 162 Å². The molecule has 3 rings (SSSR count). The van der Waals surface area contributed by atoms with E-state index in [0.29, 0.717) is 5.75 Å². The fourth-order valence-electron chi connectivity index (χ4n) is 2.68. The molecule has 0 unspecified atom stereocenters. The van der Waals surface area contributed by atoms with Crippen molar-refractivity contribution in [1.29, 1.82) is 0 Å². The SMILES string of the molecule is COc1ccccc1OC(=O)OC[C@H]1S[C@@H](n2cc(F)c(=O)[nH]c2=O)C[C@@H]1O. The average molecular weight is 412 g/mol. The van der Waals surface area contributed by atoms with Crippen LogP contribution >= 0.6 is 11.8 Å². The van der Waals surface area contributed by atoms with Crippen LogP contribution in [0.25, 0.3) is 0 Å². The van der Waals surface area contributed by atoms with Gasteiger partial charge in [0.25, 0.3) is 5.56 Å². The van der Waals surface area contributed by atoms with Crippen molar-refractivity contribution in [2.24, 2.45) is 0 Å². The topological polar surface area (TPSA) is 120 Å². The van der Waals surface area contributed by atoms with Gasteiger partial charge in [-0.2, -0.15) is 4.39 Å². The molecule has 28 heavy (non-hydrogen) atoms. The van der Waals surface area contributed by atoms with Gasteiger partial charge >= 0.3 is 11.8 Å². The van der Waals surface area contributed by atoms with E-state index in [0.717, 1.165) is 22.5 Å². The lowest BCUT2D eigenvalue weighted by Crippen LogP contribution is -2.32. The highest BCUT2D eigenvalue weighted by atomic mass is 32.2. The predicted octanol–water partition coefficient (Wildman–Crippen LogP) is 1.26. The van der Waals surface area contributed by atoms with Crippen molar-refractivity contribution in [2.45, 2.75) is 23.1 Å². The number of aliphatic hydroxyl groups excluding tert-OH is 1. The molecule has 11 heteroatoms. The molecule has 1 fully saturated rings.